The number of carbonyl (C=O) groups excluding carboxylic acids is 1. The van der Waals surface area contributed by atoms with Crippen LogP contribution in [-0.2, 0) is 0 Å². The molecule has 1 heterocycles. The quantitative estimate of drug-likeness (QED) is 0.840. The molecule has 1 unspecified atom stereocenters. The van der Waals surface area contributed by atoms with Crippen LogP contribution in [0.25, 0.3) is 0 Å². The van der Waals surface area contributed by atoms with Gasteiger partial charge in [-0.1, -0.05) is 6.07 Å². The van der Waals surface area contributed by atoms with E-state index in [4.69, 9.17) is 5.73 Å². The smallest absolute Gasteiger partial charge is 0.254 e. The highest BCUT2D eigenvalue weighted by molar-refractivity contribution is 5.96. The van der Waals surface area contributed by atoms with Gasteiger partial charge < -0.3 is 15.5 Å². The van der Waals surface area contributed by atoms with E-state index in [1.165, 1.54) is 0 Å². The van der Waals surface area contributed by atoms with Crippen LogP contribution >= 0.6 is 0 Å². The largest absolute Gasteiger partial charge is 0.398 e. The second-order valence-electron chi connectivity index (χ2n) is 6.03. The molecule has 2 N–H and O–H groups in total. The third kappa shape index (κ3) is 2.96. The minimum Gasteiger partial charge on any atom is -0.398 e. The van der Waals surface area contributed by atoms with Gasteiger partial charge in [0.15, 0.2) is 0 Å². The molecular weight excluding hydrogens is 250 g/mol. The SMILES string of the molecule is Cc1cc(C)c(C(=O)N2CCCC(N(C)C)C2)cc1N. The van der Waals surface area contributed by atoms with Gasteiger partial charge in [0, 0.05) is 30.4 Å². The molecule has 4 nitrogen and oxygen atoms in total. The molecule has 20 heavy (non-hydrogen) atoms. The van der Waals surface area contributed by atoms with Gasteiger partial charge in [-0.2, -0.15) is 0 Å². The van der Waals surface area contributed by atoms with Crippen molar-refractivity contribution >= 4 is 11.6 Å². The number of nitrogen functional groups attached to an aromatic ring is 1. The van der Waals surface area contributed by atoms with Crippen LogP contribution in [0.15, 0.2) is 12.1 Å². The van der Waals surface area contributed by atoms with Crippen molar-refractivity contribution in [2.24, 2.45) is 0 Å². The van der Waals surface area contributed by atoms with Gasteiger partial charge in [0.25, 0.3) is 5.91 Å². The summed E-state index contributed by atoms with van der Waals surface area (Å²) in [6.45, 7) is 5.60. The van der Waals surface area contributed by atoms with Gasteiger partial charge in [-0.25, -0.2) is 0 Å². The summed E-state index contributed by atoms with van der Waals surface area (Å²) in [5.41, 5.74) is 9.43. The van der Waals surface area contributed by atoms with Crippen LogP contribution in [0.3, 0.4) is 0 Å². The van der Waals surface area contributed by atoms with Crippen molar-refractivity contribution in [3.05, 3.63) is 28.8 Å². The number of nitrogens with zero attached hydrogens (tertiary/aromatic N) is 2. The van der Waals surface area contributed by atoms with Gasteiger partial charge in [0.1, 0.15) is 0 Å². The number of benzene rings is 1. The molecule has 110 valence electrons. The van der Waals surface area contributed by atoms with Crippen molar-refractivity contribution in [2.75, 3.05) is 32.9 Å². The van der Waals surface area contributed by atoms with Crippen molar-refractivity contribution in [3.63, 3.8) is 0 Å². The highest BCUT2D eigenvalue weighted by atomic mass is 16.2. The van der Waals surface area contributed by atoms with Crippen LogP contribution < -0.4 is 5.73 Å². The molecule has 0 saturated carbocycles. The lowest BCUT2D eigenvalue weighted by atomic mass is 10.00. The van der Waals surface area contributed by atoms with Crippen LogP contribution in [0.4, 0.5) is 5.69 Å². The van der Waals surface area contributed by atoms with Gasteiger partial charge >= 0.3 is 0 Å². The first-order valence-corrected chi connectivity index (χ1v) is 7.22. The van der Waals surface area contributed by atoms with Gasteiger partial charge in [-0.3, -0.25) is 4.79 Å². The topological polar surface area (TPSA) is 49.6 Å². The summed E-state index contributed by atoms with van der Waals surface area (Å²) in [6, 6.07) is 4.28. The monoisotopic (exact) mass is 275 g/mol. The van der Waals surface area contributed by atoms with Gasteiger partial charge in [-0.05, 0) is 58.0 Å². The van der Waals surface area contributed by atoms with E-state index in [2.05, 4.69) is 19.0 Å². The van der Waals surface area contributed by atoms with Crippen LogP contribution in [0.2, 0.25) is 0 Å². The van der Waals surface area contributed by atoms with E-state index in [9.17, 15) is 4.79 Å². The Morgan fingerprint density at radius 1 is 1.30 bits per heavy atom. The second kappa shape index (κ2) is 5.83. The predicted molar refractivity (Wildman–Crippen MR) is 82.9 cm³/mol. The number of likely N-dealkylation sites (N-methyl/N-ethyl adjacent to an activating group) is 1. The molecule has 0 spiro atoms. The van der Waals surface area contributed by atoms with E-state index in [0.29, 0.717) is 11.7 Å². The zero-order valence-corrected chi connectivity index (χ0v) is 12.9. The molecule has 0 aromatic heterocycles. The molecule has 1 aromatic carbocycles. The molecule has 2 rings (SSSR count). The Bertz CT molecular complexity index is 511. The fraction of sp³-hybridized carbons (Fsp3) is 0.562. The van der Waals surface area contributed by atoms with E-state index in [1.807, 2.05) is 30.9 Å². The van der Waals surface area contributed by atoms with Crippen LogP contribution in [-0.4, -0.2) is 48.9 Å². The molecule has 1 saturated heterocycles. The Labute approximate surface area is 121 Å². The van der Waals surface area contributed by atoms with Crippen LogP contribution in [0, 0.1) is 13.8 Å². The number of hydrogen-bond acceptors (Lipinski definition) is 3. The molecule has 0 aliphatic carbocycles. The number of rotatable bonds is 2. The second-order valence-corrected chi connectivity index (χ2v) is 6.03. The number of nitrogens with two attached hydrogens (primary N) is 1. The van der Waals surface area contributed by atoms with E-state index >= 15 is 0 Å². The molecule has 1 atom stereocenters. The molecule has 0 bridgehead atoms. The normalized spacial score (nSPS) is 19.4. The molecule has 4 heteroatoms. The third-order valence-corrected chi connectivity index (χ3v) is 4.26. The number of aryl methyl sites for hydroxylation is 2. The number of anilines is 1. The maximum Gasteiger partial charge on any atom is 0.254 e. The summed E-state index contributed by atoms with van der Waals surface area (Å²) in [5.74, 6) is 0.112. The van der Waals surface area contributed by atoms with E-state index in [-0.39, 0.29) is 5.91 Å². The Morgan fingerprint density at radius 2 is 2.00 bits per heavy atom. The number of piperidine rings is 1. The molecule has 1 aliphatic rings. The van der Waals surface area contributed by atoms with Crippen molar-refractivity contribution < 1.29 is 4.79 Å². The highest BCUT2D eigenvalue weighted by Crippen LogP contribution is 2.22. The number of hydrogen-bond donors (Lipinski definition) is 1. The van der Waals surface area contributed by atoms with Gasteiger partial charge in [0.2, 0.25) is 0 Å². The highest BCUT2D eigenvalue weighted by Gasteiger charge is 2.26. The fourth-order valence-corrected chi connectivity index (χ4v) is 2.83. The van der Waals surface area contributed by atoms with Crippen molar-refractivity contribution in [1.29, 1.82) is 0 Å². The minimum atomic E-state index is 0.112. The average Bonchev–Trinajstić information content (AvgIpc) is 2.42. The minimum absolute atomic E-state index is 0.112. The first kappa shape index (κ1) is 14.9. The Morgan fingerprint density at radius 3 is 2.65 bits per heavy atom. The van der Waals surface area contributed by atoms with Gasteiger partial charge in [-0.15, -0.1) is 0 Å². The zero-order chi connectivity index (χ0) is 14.9. The first-order chi connectivity index (χ1) is 9.40. The summed E-state index contributed by atoms with van der Waals surface area (Å²) in [7, 11) is 4.15. The standard InChI is InChI=1S/C16H25N3O/c1-11-8-12(2)15(17)9-14(11)16(20)19-7-5-6-13(10-19)18(3)4/h8-9,13H,5-7,10,17H2,1-4H3. The molecule has 1 fully saturated rings. The van der Waals surface area contributed by atoms with Gasteiger partial charge in [0.05, 0.1) is 0 Å². The maximum atomic E-state index is 12.7. The van der Waals surface area contributed by atoms with Crippen molar-refractivity contribution in [1.82, 2.24) is 9.80 Å². The summed E-state index contributed by atoms with van der Waals surface area (Å²) < 4.78 is 0. The predicted octanol–water partition coefficient (Wildman–Crippen LogP) is 2.05. The Hall–Kier alpha value is -1.55. The Kier molecular flexibility index (Phi) is 4.33. The fourth-order valence-electron chi connectivity index (χ4n) is 2.83. The number of amides is 1. The summed E-state index contributed by atoms with van der Waals surface area (Å²) in [6.07, 6.45) is 2.22. The molecule has 0 radical (unpaired) electrons. The number of carbonyl (C=O) groups is 1. The maximum absolute atomic E-state index is 12.7. The number of likely N-dealkylation sites (tertiary alicyclic amines) is 1. The summed E-state index contributed by atoms with van der Waals surface area (Å²) in [5, 5.41) is 0. The van der Waals surface area contributed by atoms with E-state index in [1.54, 1.807) is 0 Å². The van der Waals surface area contributed by atoms with Crippen LogP contribution in [0.1, 0.15) is 34.3 Å². The lowest BCUT2D eigenvalue weighted by Crippen LogP contribution is -2.47. The third-order valence-electron chi connectivity index (χ3n) is 4.26. The molecule has 1 aliphatic heterocycles. The average molecular weight is 275 g/mol. The summed E-state index contributed by atoms with van der Waals surface area (Å²) in [4.78, 5) is 16.9. The Balaban J connectivity index is 2.21. The van der Waals surface area contributed by atoms with Crippen LogP contribution in [0.5, 0.6) is 0 Å². The summed E-state index contributed by atoms with van der Waals surface area (Å²) >= 11 is 0. The first-order valence-electron chi connectivity index (χ1n) is 7.22. The zero-order valence-electron chi connectivity index (χ0n) is 12.9. The molecular formula is C16H25N3O. The van der Waals surface area contributed by atoms with E-state index < -0.39 is 0 Å². The molecule has 1 aromatic rings. The van der Waals surface area contributed by atoms with E-state index in [0.717, 1.165) is 42.6 Å². The van der Waals surface area contributed by atoms with Crippen molar-refractivity contribution in [3.8, 4) is 0 Å². The molecule has 1 amide bonds. The lowest BCUT2D eigenvalue weighted by molar-refractivity contribution is 0.0634. The van der Waals surface area contributed by atoms with Crippen molar-refractivity contribution in [2.45, 2.75) is 32.7 Å². The lowest BCUT2D eigenvalue weighted by Gasteiger charge is -2.36.